The van der Waals surface area contributed by atoms with Gasteiger partial charge in [-0.2, -0.15) is 0 Å². The molecule has 2 fully saturated rings. The van der Waals surface area contributed by atoms with Crippen molar-refractivity contribution in [3.05, 3.63) is 41.5 Å². The molecule has 0 heterocycles. The number of hydrogen-bond donors (Lipinski definition) is 1. The Kier molecular flexibility index (Phi) is 4.51. The zero-order valence-electron chi connectivity index (χ0n) is 13.8. The van der Waals surface area contributed by atoms with Crippen LogP contribution in [0.5, 0.6) is 0 Å². The van der Waals surface area contributed by atoms with Gasteiger partial charge in [-0.05, 0) is 62.3 Å². The standard InChI is InChI=1S/C19H24N2O2/c1-13(15-8-9-15)21(2)18(22)12-5-14-3-6-16(7-4-14)19(23)20-17-10-11-17/h3-7,12-13,15,17H,8-11H2,1-2H3,(H,20,23)/b12-5+. The van der Waals surface area contributed by atoms with Crippen LogP contribution in [0.1, 0.15) is 48.5 Å². The molecule has 0 spiro atoms. The van der Waals surface area contributed by atoms with Crippen molar-refractivity contribution in [3.63, 3.8) is 0 Å². The van der Waals surface area contributed by atoms with Crippen molar-refractivity contribution >= 4 is 17.9 Å². The third kappa shape index (κ3) is 4.21. The minimum absolute atomic E-state index is 0.0166. The molecule has 0 aromatic heterocycles. The predicted molar refractivity (Wildman–Crippen MR) is 90.9 cm³/mol. The Labute approximate surface area is 137 Å². The second-order valence-electron chi connectivity index (χ2n) is 6.73. The summed E-state index contributed by atoms with van der Waals surface area (Å²) in [5.74, 6) is 0.679. The predicted octanol–water partition coefficient (Wildman–Crippen LogP) is 2.85. The minimum Gasteiger partial charge on any atom is -0.349 e. The van der Waals surface area contributed by atoms with Gasteiger partial charge in [0.05, 0.1) is 0 Å². The molecule has 2 saturated carbocycles. The molecule has 1 N–H and O–H groups in total. The molecular weight excluding hydrogens is 288 g/mol. The number of amides is 2. The SMILES string of the molecule is CC(C1CC1)N(C)C(=O)/C=C/c1ccc(C(=O)NC2CC2)cc1. The molecule has 4 heteroatoms. The van der Waals surface area contributed by atoms with Crippen LogP contribution in [0, 0.1) is 5.92 Å². The topological polar surface area (TPSA) is 49.4 Å². The summed E-state index contributed by atoms with van der Waals surface area (Å²) in [4.78, 5) is 25.9. The van der Waals surface area contributed by atoms with Gasteiger partial charge in [0.15, 0.2) is 0 Å². The molecule has 0 radical (unpaired) electrons. The van der Waals surface area contributed by atoms with Gasteiger partial charge in [-0.15, -0.1) is 0 Å². The number of benzene rings is 1. The molecule has 4 nitrogen and oxygen atoms in total. The fourth-order valence-corrected chi connectivity index (χ4v) is 2.62. The van der Waals surface area contributed by atoms with Crippen LogP contribution in [-0.4, -0.2) is 35.8 Å². The Balaban J connectivity index is 1.56. The van der Waals surface area contributed by atoms with Crippen LogP contribution >= 0.6 is 0 Å². The van der Waals surface area contributed by atoms with Crippen molar-refractivity contribution in [1.29, 1.82) is 0 Å². The molecule has 0 aliphatic heterocycles. The molecule has 2 aliphatic rings. The number of rotatable bonds is 6. The normalized spacial score (nSPS) is 18.7. The lowest BCUT2D eigenvalue weighted by Gasteiger charge is -2.23. The van der Waals surface area contributed by atoms with Crippen molar-refractivity contribution in [2.45, 2.75) is 44.7 Å². The Morgan fingerprint density at radius 2 is 1.83 bits per heavy atom. The first-order chi connectivity index (χ1) is 11.0. The largest absolute Gasteiger partial charge is 0.349 e. The molecule has 1 atom stereocenters. The Morgan fingerprint density at radius 3 is 2.39 bits per heavy atom. The van der Waals surface area contributed by atoms with Gasteiger partial charge in [0, 0.05) is 30.8 Å². The fraction of sp³-hybridized carbons (Fsp3) is 0.474. The van der Waals surface area contributed by atoms with Crippen LogP contribution in [0.4, 0.5) is 0 Å². The number of nitrogens with one attached hydrogen (secondary N) is 1. The van der Waals surface area contributed by atoms with Crippen molar-refractivity contribution in [1.82, 2.24) is 10.2 Å². The fourth-order valence-electron chi connectivity index (χ4n) is 2.62. The molecule has 3 rings (SSSR count). The summed E-state index contributed by atoms with van der Waals surface area (Å²) >= 11 is 0. The minimum atomic E-state index is -0.0166. The van der Waals surface area contributed by atoms with Gasteiger partial charge in [-0.25, -0.2) is 0 Å². The smallest absolute Gasteiger partial charge is 0.251 e. The highest BCUT2D eigenvalue weighted by atomic mass is 16.2. The maximum atomic E-state index is 12.2. The van der Waals surface area contributed by atoms with Gasteiger partial charge in [-0.1, -0.05) is 12.1 Å². The Bertz CT molecular complexity index is 613. The summed E-state index contributed by atoms with van der Waals surface area (Å²) < 4.78 is 0. The van der Waals surface area contributed by atoms with Gasteiger partial charge in [0.1, 0.15) is 0 Å². The molecule has 1 unspecified atom stereocenters. The first kappa shape index (κ1) is 15.8. The van der Waals surface area contributed by atoms with E-state index < -0.39 is 0 Å². The van der Waals surface area contributed by atoms with Gasteiger partial charge in [0.2, 0.25) is 5.91 Å². The van der Waals surface area contributed by atoms with Crippen LogP contribution < -0.4 is 5.32 Å². The number of hydrogen-bond acceptors (Lipinski definition) is 2. The van der Waals surface area contributed by atoms with Crippen LogP contribution in [0.25, 0.3) is 6.08 Å². The first-order valence-electron chi connectivity index (χ1n) is 8.40. The molecule has 2 aliphatic carbocycles. The monoisotopic (exact) mass is 312 g/mol. The summed E-state index contributed by atoms with van der Waals surface area (Å²) in [5, 5.41) is 2.97. The van der Waals surface area contributed by atoms with Gasteiger partial charge in [-0.3, -0.25) is 9.59 Å². The van der Waals surface area contributed by atoms with Gasteiger partial charge >= 0.3 is 0 Å². The molecule has 23 heavy (non-hydrogen) atoms. The number of carbonyl (C=O) groups excluding carboxylic acids is 2. The number of likely N-dealkylation sites (N-methyl/N-ethyl adjacent to an activating group) is 1. The summed E-state index contributed by atoms with van der Waals surface area (Å²) in [6, 6.07) is 8.02. The lowest BCUT2D eigenvalue weighted by molar-refractivity contribution is -0.126. The highest BCUT2D eigenvalue weighted by Crippen LogP contribution is 2.34. The first-order valence-corrected chi connectivity index (χ1v) is 8.40. The number of carbonyl (C=O) groups is 2. The Hall–Kier alpha value is -2.10. The van der Waals surface area contributed by atoms with Crippen molar-refractivity contribution in [3.8, 4) is 0 Å². The van der Waals surface area contributed by atoms with E-state index in [2.05, 4.69) is 12.2 Å². The highest BCUT2D eigenvalue weighted by molar-refractivity contribution is 5.95. The summed E-state index contributed by atoms with van der Waals surface area (Å²) in [7, 11) is 1.86. The van der Waals surface area contributed by atoms with Crippen LogP contribution in [0.2, 0.25) is 0 Å². The molecule has 2 amide bonds. The van der Waals surface area contributed by atoms with Crippen molar-refractivity contribution in [2.24, 2.45) is 5.92 Å². The van der Waals surface area contributed by atoms with E-state index in [1.54, 1.807) is 24.3 Å². The van der Waals surface area contributed by atoms with E-state index in [-0.39, 0.29) is 11.8 Å². The van der Waals surface area contributed by atoms with Gasteiger partial charge in [0.25, 0.3) is 5.91 Å². The zero-order chi connectivity index (χ0) is 16.4. The van der Waals surface area contributed by atoms with Crippen LogP contribution in [-0.2, 0) is 4.79 Å². The summed E-state index contributed by atoms with van der Waals surface area (Å²) in [6.07, 6.45) is 8.04. The summed E-state index contributed by atoms with van der Waals surface area (Å²) in [6.45, 7) is 2.11. The van der Waals surface area contributed by atoms with E-state index in [1.165, 1.54) is 12.8 Å². The van der Waals surface area contributed by atoms with E-state index >= 15 is 0 Å². The quantitative estimate of drug-likeness (QED) is 0.821. The molecule has 1 aromatic rings. The second kappa shape index (κ2) is 6.57. The average molecular weight is 312 g/mol. The molecular formula is C19H24N2O2. The van der Waals surface area contributed by atoms with Crippen LogP contribution in [0.15, 0.2) is 30.3 Å². The van der Waals surface area contributed by atoms with Crippen molar-refractivity contribution < 1.29 is 9.59 Å². The summed E-state index contributed by atoms with van der Waals surface area (Å²) in [5.41, 5.74) is 1.59. The third-order valence-corrected chi connectivity index (χ3v) is 4.77. The Morgan fingerprint density at radius 1 is 1.17 bits per heavy atom. The van der Waals surface area contributed by atoms with Gasteiger partial charge < -0.3 is 10.2 Å². The number of nitrogens with zero attached hydrogens (tertiary/aromatic N) is 1. The lowest BCUT2D eigenvalue weighted by Crippen LogP contribution is -2.35. The maximum absolute atomic E-state index is 12.2. The molecule has 0 bridgehead atoms. The molecule has 122 valence electrons. The zero-order valence-corrected chi connectivity index (χ0v) is 13.8. The van der Waals surface area contributed by atoms with E-state index in [1.807, 2.05) is 24.1 Å². The van der Waals surface area contributed by atoms with E-state index in [0.717, 1.165) is 18.4 Å². The maximum Gasteiger partial charge on any atom is 0.251 e. The lowest BCUT2D eigenvalue weighted by atomic mass is 10.1. The van der Waals surface area contributed by atoms with E-state index in [0.29, 0.717) is 23.6 Å². The average Bonchev–Trinajstić information content (AvgIpc) is 3.45. The highest BCUT2D eigenvalue weighted by Gasteiger charge is 2.31. The van der Waals surface area contributed by atoms with E-state index in [4.69, 9.17) is 0 Å². The van der Waals surface area contributed by atoms with Crippen LogP contribution in [0.3, 0.4) is 0 Å². The van der Waals surface area contributed by atoms with E-state index in [9.17, 15) is 9.59 Å². The third-order valence-electron chi connectivity index (χ3n) is 4.77. The molecule has 1 aromatic carbocycles. The molecule has 0 saturated heterocycles. The van der Waals surface area contributed by atoms with Crippen molar-refractivity contribution in [2.75, 3.05) is 7.05 Å². The second-order valence-corrected chi connectivity index (χ2v) is 6.73.